The number of fused-ring (bicyclic) bond motifs is 1. The highest BCUT2D eigenvalue weighted by Gasteiger charge is 2.76. The maximum Gasteiger partial charge on any atom is 0.310 e. The fraction of sp³-hybridized carbons (Fsp3) is 0.870. The van der Waals surface area contributed by atoms with E-state index >= 15 is 0 Å². The molecule has 2 bridgehead atoms. The minimum absolute atomic E-state index is 0.00725. The van der Waals surface area contributed by atoms with Crippen molar-refractivity contribution in [3.05, 3.63) is 0 Å². The number of carbonyl (C=O) groups is 3. The Kier molecular flexibility index (Phi) is 7.62. The number of hydrogen-bond donors (Lipinski definition) is 2. The summed E-state index contributed by atoms with van der Waals surface area (Å²) in [5, 5.41) is 13.2. The SMILES string of the molecule is CCCCCNC(=O)C1N([C@@H](CO)C(C)C)C(=O)[C@@H]2[C@H](C(=O)OCC)[C@@H]3CC(C)C12S3. The zero-order valence-corrected chi connectivity index (χ0v) is 20.2. The summed E-state index contributed by atoms with van der Waals surface area (Å²) >= 11 is 1.64. The third-order valence-corrected chi connectivity index (χ3v) is 9.46. The van der Waals surface area contributed by atoms with Crippen LogP contribution in [0.15, 0.2) is 0 Å². The number of nitrogens with one attached hydrogen (secondary N) is 1. The lowest BCUT2D eigenvalue weighted by Gasteiger charge is -2.40. The molecule has 3 aliphatic heterocycles. The standard InChI is InChI=1S/C23H38N2O5S/c1-6-8-9-10-24-20(27)19-23-14(5)11-16(31-23)17(22(29)30-7-2)18(23)21(28)25(19)15(12-26)13(3)4/h13-19,26H,6-12H2,1-5H3,(H,24,27)/t14?,15-,16-,17+,18-,19?,23?/m0/s1. The number of ether oxygens (including phenoxy) is 1. The van der Waals surface area contributed by atoms with Gasteiger partial charge in [0.25, 0.3) is 0 Å². The average molecular weight is 455 g/mol. The topological polar surface area (TPSA) is 95.9 Å². The second-order valence-corrected chi connectivity index (χ2v) is 11.1. The number of nitrogens with zero attached hydrogens (tertiary/aromatic N) is 1. The van der Waals surface area contributed by atoms with Gasteiger partial charge in [-0.2, -0.15) is 0 Å². The summed E-state index contributed by atoms with van der Waals surface area (Å²) in [6.45, 7) is 10.5. The molecule has 0 radical (unpaired) electrons. The monoisotopic (exact) mass is 454 g/mol. The molecule has 0 aliphatic carbocycles. The molecule has 1 spiro atoms. The Labute approximate surface area is 190 Å². The van der Waals surface area contributed by atoms with Crippen LogP contribution in [0.4, 0.5) is 0 Å². The summed E-state index contributed by atoms with van der Waals surface area (Å²) in [7, 11) is 0. The van der Waals surface area contributed by atoms with Crippen LogP contribution in [-0.2, 0) is 19.1 Å². The predicted molar refractivity (Wildman–Crippen MR) is 120 cm³/mol. The van der Waals surface area contributed by atoms with E-state index in [0.29, 0.717) is 6.54 Å². The van der Waals surface area contributed by atoms with Gasteiger partial charge in [0.05, 0.1) is 35.8 Å². The van der Waals surface area contributed by atoms with Crippen LogP contribution in [0.3, 0.4) is 0 Å². The number of thioether (sulfide) groups is 1. The van der Waals surface area contributed by atoms with Crippen LogP contribution in [0.1, 0.15) is 60.3 Å². The van der Waals surface area contributed by atoms with E-state index in [1.165, 1.54) is 0 Å². The van der Waals surface area contributed by atoms with Gasteiger partial charge in [0.15, 0.2) is 0 Å². The second-order valence-electron chi connectivity index (χ2n) is 9.54. The molecule has 3 saturated heterocycles. The number of amides is 2. The van der Waals surface area contributed by atoms with Crippen LogP contribution in [0.2, 0.25) is 0 Å². The number of unbranched alkanes of at least 4 members (excludes halogenated alkanes) is 2. The number of esters is 1. The smallest absolute Gasteiger partial charge is 0.310 e. The third-order valence-electron chi connectivity index (χ3n) is 7.38. The van der Waals surface area contributed by atoms with E-state index in [9.17, 15) is 19.5 Å². The molecule has 7 atom stereocenters. The van der Waals surface area contributed by atoms with Crippen molar-refractivity contribution in [3.8, 4) is 0 Å². The molecule has 0 aromatic heterocycles. The summed E-state index contributed by atoms with van der Waals surface area (Å²) in [5.41, 5.74) is 0. The van der Waals surface area contributed by atoms with Gasteiger partial charge < -0.3 is 20.1 Å². The Bertz CT molecular complexity index is 701. The third kappa shape index (κ3) is 3.88. The normalized spacial score (nSPS) is 34.9. The van der Waals surface area contributed by atoms with Crippen LogP contribution < -0.4 is 5.32 Å². The van der Waals surface area contributed by atoms with E-state index in [0.717, 1.165) is 25.7 Å². The molecule has 3 fully saturated rings. The first-order valence-corrected chi connectivity index (χ1v) is 12.7. The molecule has 31 heavy (non-hydrogen) atoms. The number of aliphatic hydroxyl groups is 1. The molecular weight excluding hydrogens is 416 g/mol. The summed E-state index contributed by atoms with van der Waals surface area (Å²) in [6.07, 6.45) is 3.77. The molecule has 3 aliphatic rings. The van der Waals surface area contributed by atoms with Gasteiger partial charge in [0.1, 0.15) is 6.04 Å². The highest BCUT2D eigenvalue weighted by Crippen LogP contribution is 2.69. The van der Waals surface area contributed by atoms with Crippen molar-refractivity contribution >= 4 is 29.5 Å². The lowest BCUT2D eigenvalue weighted by atomic mass is 9.66. The highest BCUT2D eigenvalue weighted by atomic mass is 32.2. The van der Waals surface area contributed by atoms with Crippen molar-refractivity contribution in [3.63, 3.8) is 0 Å². The van der Waals surface area contributed by atoms with Gasteiger partial charge in [0, 0.05) is 11.8 Å². The van der Waals surface area contributed by atoms with Crippen LogP contribution in [0.25, 0.3) is 0 Å². The summed E-state index contributed by atoms with van der Waals surface area (Å²) < 4.78 is 4.69. The second kappa shape index (κ2) is 9.69. The van der Waals surface area contributed by atoms with Gasteiger partial charge in [-0.05, 0) is 31.6 Å². The first-order chi connectivity index (χ1) is 14.8. The molecule has 2 N–H and O–H groups in total. The molecule has 8 heteroatoms. The molecule has 2 amide bonds. The van der Waals surface area contributed by atoms with E-state index in [4.69, 9.17) is 4.74 Å². The number of carbonyl (C=O) groups excluding carboxylic acids is 3. The predicted octanol–water partition coefficient (Wildman–Crippen LogP) is 2.21. The van der Waals surface area contributed by atoms with Crippen LogP contribution in [-0.4, -0.2) is 69.6 Å². The van der Waals surface area contributed by atoms with Gasteiger partial charge in [-0.15, -0.1) is 11.8 Å². The van der Waals surface area contributed by atoms with Crippen molar-refractivity contribution in [2.24, 2.45) is 23.7 Å². The zero-order valence-electron chi connectivity index (χ0n) is 19.4. The summed E-state index contributed by atoms with van der Waals surface area (Å²) in [6, 6.07) is -1.15. The number of aliphatic hydroxyl groups excluding tert-OH is 1. The number of likely N-dealkylation sites (tertiary alicyclic amines) is 1. The minimum atomic E-state index is -0.685. The maximum atomic E-state index is 13.8. The maximum absolute atomic E-state index is 13.8. The Morgan fingerprint density at radius 1 is 1.32 bits per heavy atom. The molecule has 176 valence electrons. The Balaban J connectivity index is 2.01. The van der Waals surface area contributed by atoms with Gasteiger partial charge in [-0.1, -0.05) is 40.5 Å². The average Bonchev–Trinajstić information content (AvgIpc) is 3.30. The van der Waals surface area contributed by atoms with E-state index < -0.39 is 28.7 Å². The Morgan fingerprint density at radius 2 is 2.03 bits per heavy atom. The lowest BCUT2D eigenvalue weighted by molar-refractivity contribution is -0.154. The van der Waals surface area contributed by atoms with Gasteiger partial charge in [0.2, 0.25) is 11.8 Å². The van der Waals surface area contributed by atoms with Crippen molar-refractivity contribution in [2.75, 3.05) is 19.8 Å². The molecule has 3 unspecified atom stereocenters. The molecule has 0 saturated carbocycles. The molecule has 3 heterocycles. The van der Waals surface area contributed by atoms with E-state index in [2.05, 4.69) is 19.2 Å². The van der Waals surface area contributed by atoms with E-state index in [1.807, 2.05) is 13.8 Å². The Hall–Kier alpha value is -1.28. The van der Waals surface area contributed by atoms with Gasteiger partial charge >= 0.3 is 5.97 Å². The highest BCUT2D eigenvalue weighted by molar-refractivity contribution is 8.02. The minimum Gasteiger partial charge on any atom is -0.466 e. The molecular formula is C23H38N2O5S. The summed E-state index contributed by atoms with van der Waals surface area (Å²) in [5.74, 6) is -1.68. The lowest BCUT2D eigenvalue weighted by Crippen LogP contribution is -2.59. The van der Waals surface area contributed by atoms with Crippen molar-refractivity contribution in [2.45, 2.75) is 82.4 Å². The van der Waals surface area contributed by atoms with Crippen LogP contribution in [0, 0.1) is 23.7 Å². The van der Waals surface area contributed by atoms with Gasteiger partial charge in [-0.25, -0.2) is 0 Å². The fourth-order valence-electron chi connectivity index (χ4n) is 5.93. The van der Waals surface area contributed by atoms with Crippen molar-refractivity contribution < 1.29 is 24.2 Å². The van der Waals surface area contributed by atoms with Gasteiger partial charge in [-0.3, -0.25) is 14.4 Å². The fourth-order valence-corrected chi connectivity index (χ4v) is 8.32. The van der Waals surface area contributed by atoms with E-state index in [-0.39, 0.29) is 48.1 Å². The first-order valence-electron chi connectivity index (χ1n) is 11.8. The first kappa shape index (κ1) is 24.4. The summed E-state index contributed by atoms with van der Waals surface area (Å²) in [4.78, 5) is 41.9. The molecule has 3 rings (SSSR count). The zero-order chi connectivity index (χ0) is 22.9. The molecule has 0 aromatic carbocycles. The van der Waals surface area contributed by atoms with Crippen molar-refractivity contribution in [1.29, 1.82) is 0 Å². The van der Waals surface area contributed by atoms with Crippen molar-refractivity contribution in [1.82, 2.24) is 10.2 Å². The quantitative estimate of drug-likeness (QED) is 0.388. The largest absolute Gasteiger partial charge is 0.466 e. The van der Waals surface area contributed by atoms with Crippen LogP contribution in [0.5, 0.6) is 0 Å². The molecule has 0 aromatic rings. The number of rotatable bonds is 10. The Morgan fingerprint density at radius 3 is 2.61 bits per heavy atom. The molecule has 7 nitrogen and oxygen atoms in total. The number of hydrogen-bond acceptors (Lipinski definition) is 6. The van der Waals surface area contributed by atoms with E-state index in [1.54, 1.807) is 23.6 Å². The van der Waals surface area contributed by atoms with Crippen LogP contribution >= 0.6 is 11.8 Å².